The molecule has 0 saturated carbocycles. The first-order chi connectivity index (χ1) is 10.7. The molecule has 3 aromatic heterocycles. The number of hydrogen-bond acceptors (Lipinski definition) is 3. The zero-order chi connectivity index (χ0) is 15.1. The fourth-order valence-electron chi connectivity index (χ4n) is 2.42. The lowest BCUT2D eigenvalue weighted by Crippen LogP contribution is -1.91. The van der Waals surface area contributed by atoms with Crippen molar-refractivity contribution in [1.29, 1.82) is 0 Å². The van der Waals surface area contributed by atoms with Gasteiger partial charge in [0, 0.05) is 23.5 Å². The predicted octanol–water partition coefficient (Wildman–Crippen LogP) is 3.93. The van der Waals surface area contributed by atoms with Gasteiger partial charge in [-0.2, -0.15) is 9.37 Å². The molecule has 4 rings (SSSR count). The topological polar surface area (TPSA) is 43.3 Å². The minimum atomic E-state index is -0.579. The molecule has 0 radical (unpaired) electrons. The van der Waals surface area contributed by atoms with Crippen LogP contribution in [0.3, 0.4) is 0 Å². The molecule has 4 aromatic rings. The number of nitrogens with zero attached hydrogens (tertiary/aromatic N) is 3. The van der Waals surface area contributed by atoms with Crippen molar-refractivity contribution in [3.8, 4) is 22.5 Å². The monoisotopic (exact) mass is 297 g/mol. The molecule has 0 aliphatic heterocycles. The van der Waals surface area contributed by atoms with E-state index in [-0.39, 0.29) is 5.82 Å². The summed E-state index contributed by atoms with van der Waals surface area (Å²) >= 11 is 0. The van der Waals surface area contributed by atoms with Crippen molar-refractivity contribution in [3.63, 3.8) is 0 Å². The second-order valence-corrected chi connectivity index (χ2v) is 4.71. The van der Waals surface area contributed by atoms with E-state index in [0.29, 0.717) is 28.4 Å². The number of rotatable bonds is 2. The SMILES string of the molecule is Fc1ccc(-c2c(-c3ccccc3F)nc3occn23)cn1. The minimum Gasteiger partial charge on any atom is -0.432 e. The number of imidazole rings is 1. The third-order valence-corrected chi connectivity index (χ3v) is 3.39. The van der Waals surface area contributed by atoms with Crippen molar-refractivity contribution in [3.05, 3.63) is 66.8 Å². The second-order valence-electron chi connectivity index (χ2n) is 4.71. The maximum Gasteiger partial charge on any atom is 0.306 e. The Balaban J connectivity index is 2.03. The van der Waals surface area contributed by atoms with Gasteiger partial charge in [-0.05, 0) is 24.3 Å². The van der Waals surface area contributed by atoms with E-state index in [4.69, 9.17) is 4.42 Å². The van der Waals surface area contributed by atoms with Crippen LogP contribution in [-0.4, -0.2) is 14.4 Å². The van der Waals surface area contributed by atoms with Crippen LogP contribution in [0.4, 0.5) is 8.78 Å². The predicted molar refractivity (Wildman–Crippen MR) is 76.0 cm³/mol. The van der Waals surface area contributed by atoms with Crippen LogP contribution in [0.15, 0.2) is 59.5 Å². The van der Waals surface area contributed by atoms with Gasteiger partial charge in [0.1, 0.15) is 17.8 Å². The molecule has 0 unspecified atom stereocenters. The van der Waals surface area contributed by atoms with Crippen LogP contribution >= 0.6 is 0 Å². The van der Waals surface area contributed by atoms with E-state index >= 15 is 0 Å². The first-order valence-electron chi connectivity index (χ1n) is 6.56. The summed E-state index contributed by atoms with van der Waals surface area (Å²) in [7, 11) is 0. The highest BCUT2D eigenvalue weighted by Gasteiger charge is 2.20. The molecular formula is C16H9F2N3O. The standard InChI is InChI=1S/C16H9F2N3O/c17-12-4-2-1-3-11(12)14-15(10-5-6-13(18)19-9-10)21-7-8-22-16(21)20-14/h1-9H. The molecule has 0 spiro atoms. The van der Waals surface area contributed by atoms with Gasteiger partial charge in [0.25, 0.3) is 0 Å². The maximum atomic E-state index is 14.1. The van der Waals surface area contributed by atoms with Crippen LogP contribution in [0.5, 0.6) is 0 Å². The van der Waals surface area contributed by atoms with Gasteiger partial charge in [-0.1, -0.05) is 12.1 Å². The summed E-state index contributed by atoms with van der Waals surface area (Å²) in [4.78, 5) is 7.99. The lowest BCUT2D eigenvalue weighted by molar-refractivity contribution is 0.584. The first kappa shape index (κ1) is 12.7. The molecular weight excluding hydrogens is 288 g/mol. The van der Waals surface area contributed by atoms with Crippen LogP contribution in [0, 0.1) is 11.8 Å². The van der Waals surface area contributed by atoms with Gasteiger partial charge in [-0.15, -0.1) is 0 Å². The zero-order valence-corrected chi connectivity index (χ0v) is 11.2. The molecule has 0 aliphatic rings. The van der Waals surface area contributed by atoms with Crippen molar-refractivity contribution in [1.82, 2.24) is 14.4 Å². The van der Waals surface area contributed by atoms with E-state index in [1.807, 2.05) is 0 Å². The van der Waals surface area contributed by atoms with Crippen molar-refractivity contribution in [2.24, 2.45) is 0 Å². The summed E-state index contributed by atoms with van der Waals surface area (Å²) < 4.78 is 34.1. The van der Waals surface area contributed by atoms with Crippen molar-refractivity contribution < 1.29 is 13.2 Å². The summed E-state index contributed by atoms with van der Waals surface area (Å²) in [6.07, 6.45) is 4.54. The fraction of sp³-hybridized carbons (Fsp3) is 0. The fourth-order valence-corrected chi connectivity index (χ4v) is 2.42. The summed E-state index contributed by atoms with van der Waals surface area (Å²) in [6.45, 7) is 0. The molecule has 0 bridgehead atoms. The molecule has 1 aromatic carbocycles. The Morgan fingerprint density at radius 2 is 1.91 bits per heavy atom. The van der Waals surface area contributed by atoms with E-state index in [2.05, 4.69) is 9.97 Å². The van der Waals surface area contributed by atoms with Gasteiger partial charge >= 0.3 is 5.84 Å². The Bertz CT molecular complexity index is 957. The molecule has 108 valence electrons. The zero-order valence-electron chi connectivity index (χ0n) is 11.2. The van der Waals surface area contributed by atoms with E-state index in [0.717, 1.165) is 0 Å². The normalized spacial score (nSPS) is 11.2. The second kappa shape index (κ2) is 4.77. The minimum absolute atomic E-state index is 0.331. The van der Waals surface area contributed by atoms with Gasteiger partial charge in [-0.3, -0.25) is 4.40 Å². The average molecular weight is 297 g/mol. The highest BCUT2D eigenvalue weighted by molar-refractivity contribution is 5.81. The van der Waals surface area contributed by atoms with Gasteiger partial charge in [-0.25, -0.2) is 9.37 Å². The van der Waals surface area contributed by atoms with Crippen LogP contribution in [-0.2, 0) is 0 Å². The molecule has 0 aliphatic carbocycles. The van der Waals surface area contributed by atoms with Crippen molar-refractivity contribution in [2.75, 3.05) is 0 Å². The first-order valence-corrected chi connectivity index (χ1v) is 6.56. The molecule has 0 N–H and O–H groups in total. The van der Waals surface area contributed by atoms with E-state index in [9.17, 15) is 8.78 Å². The Labute approximate surface area is 123 Å². The maximum absolute atomic E-state index is 14.1. The smallest absolute Gasteiger partial charge is 0.306 e. The van der Waals surface area contributed by atoms with Crippen LogP contribution in [0.25, 0.3) is 28.4 Å². The van der Waals surface area contributed by atoms with Gasteiger partial charge in [0.05, 0.1) is 5.69 Å². The average Bonchev–Trinajstić information content (AvgIpc) is 3.09. The van der Waals surface area contributed by atoms with E-state index in [1.54, 1.807) is 34.9 Å². The molecule has 0 fully saturated rings. The van der Waals surface area contributed by atoms with E-state index in [1.165, 1.54) is 24.6 Å². The Hall–Kier alpha value is -3.02. The number of halogens is 2. The molecule has 0 amide bonds. The summed E-state index contributed by atoms with van der Waals surface area (Å²) in [6, 6.07) is 9.16. The third-order valence-electron chi connectivity index (χ3n) is 3.39. The molecule has 4 nitrogen and oxygen atoms in total. The van der Waals surface area contributed by atoms with Crippen LogP contribution in [0.1, 0.15) is 0 Å². The van der Waals surface area contributed by atoms with E-state index < -0.39 is 5.95 Å². The lowest BCUT2D eigenvalue weighted by Gasteiger charge is -2.05. The van der Waals surface area contributed by atoms with Gasteiger partial charge < -0.3 is 4.42 Å². The molecule has 3 heterocycles. The summed E-state index contributed by atoms with van der Waals surface area (Å²) in [5, 5.41) is 0. The van der Waals surface area contributed by atoms with Crippen LogP contribution < -0.4 is 0 Å². The van der Waals surface area contributed by atoms with Crippen molar-refractivity contribution in [2.45, 2.75) is 0 Å². The molecule has 0 atom stereocenters. The number of benzene rings is 1. The molecule has 22 heavy (non-hydrogen) atoms. The number of oxazole rings is 1. The van der Waals surface area contributed by atoms with Crippen molar-refractivity contribution >= 4 is 5.84 Å². The molecule has 6 heteroatoms. The number of hydrogen-bond donors (Lipinski definition) is 0. The van der Waals surface area contributed by atoms with Gasteiger partial charge in [0.15, 0.2) is 0 Å². The summed E-state index contributed by atoms with van der Waals surface area (Å²) in [5.74, 6) is -0.638. The number of pyridine rings is 1. The Morgan fingerprint density at radius 3 is 2.68 bits per heavy atom. The molecule has 0 saturated heterocycles. The Morgan fingerprint density at radius 1 is 1.05 bits per heavy atom. The summed E-state index contributed by atoms with van der Waals surface area (Å²) in [5.41, 5.74) is 1.99. The highest BCUT2D eigenvalue weighted by atomic mass is 19.1. The van der Waals surface area contributed by atoms with Crippen LogP contribution in [0.2, 0.25) is 0 Å². The van der Waals surface area contributed by atoms with Gasteiger partial charge in [0.2, 0.25) is 5.95 Å². The number of fused-ring (bicyclic) bond motifs is 1. The number of aromatic nitrogens is 3. The Kier molecular flexibility index (Phi) is 2.75. The lowest BCUT2D eigenvalue weighted by atomic mass is 10.1. The highest BCUT2D eigenvalue weighted by Crippen LogP contribution is 2.33. The largest absolute Gasteiger partial charge is 0.432 e. The quantitative estimate of drug-likeness (QED) is 0.526. The third kappa shape index (κ3) is 1.88.